The van der Waals surface area contributed by atoms with E-state index in [1.165, 1.54) is 18.2 Å². The fourth-order valence-electron chi connectivity index (χ4n) is 4.54. The van der Waals surface area contributed by atoms with Gasteiger partial charge in [-0.3, -0.25) is 9.59 Å². The number of nitrogens with zero attached hydrogens (tertiary/aromatic N) is 4. The summed E-state index contributed by atoms with van der Waals surface area (Å²) < 4.78 is 20.6. The maximum atomic E-state index is 13.4. The maximum absolute atomic E-state index is 13.4. The van der Waals surface area contributed by atoms with Gasteiger partial charge < -0.3 is 14.7 Å². The molecule has 3 aromatic rings. The number of hydrogen-bond acceptors (Lipinski definition) is 5. The number of fused-ring (bicyclic) bond motifs is 1. The number of rotatable bonds is 4. The van der Waals surface area contributed by atoms with Crippen molar-refractivity contribution < 1.29 is 18.5 Å². The van der Waals surface area contributed by atoms with Crippen LogP contribution in [0, 0.1) is 5.82 Å². The van der Waals surface area contributed by atoms with Crippen LogP contribution in [0.25, 0.3) is 0 Å². The van der Waals surface area contributed by atoms with Crippen molar-refractivity contribution in [1.29, 1.82) is 0 Å². The van der Waals surface area contributed by atoms with Gasteiger partial charge in [0.2, 0.25) is 5.76 Å². The highest BCUT2D eigenvalue weighted by Crippen LogP contribution is 2.29. The second-order valence-electron chi connectivity index (χ2n) is 8.29. The average Bonchev–Trinajstić information content (AvgIpc) is 3.46. The molecule has 5 rings (SSSR count). The molecule has 2 amide bonds. The highest BCUT2D eigenvalue weighted by molar-refractivity contribution is 6.03. The second kappa shape index (κ2) is 8.57. The van der Waals surface area contributed by atoms with Crippen molar-refractivity contribution in [2.24, 2.45) is 0 Å². The van der Waals surface area contributed by atoms with E-state index in [9.17, 15) is 14.0 Å². The molecule has 166 valence electrons. The molecule has 0 bridgehead atoms. The molecule has 2 aliphatic rings. The van der Waals surface area contributed by atoms with Crippen molar-refractivity contribution in [3.63, 3.8) is 0 Å². The van der Waals surface area contributed by atoms with Gasteiger partial charge in [-0.2, -0.15) is 5.10 Å². The molecule has 32 heavy (non-hydrogen) atoms. The van der Waals surface area contributed by atoms with Gasteiger partial charge in [0.25, 0.3) is 11.8 Å². The van der Waals surface area contributed by atoms with Crippen LogP contribution in [0.1, 0.15) is 63.9 Å². The first kappa shape index (κ1) is 20.4. The lowest BCUT2D eigenvalue weighted by Crippen LogP contribution is -2.39. The SMILES string of the molecule is O=C(Nc1ccnn1C1CCN(C(=O)c2onc3c2CCCC3)CC1)c1cccc(F)c1. The van der Waals surface area contributed by atoms with Crippen molar-refractivity contribution in [2.45, 2.75) is 44.6 Å². The first-order valence-corrected chi connectivity index (χ1v) is 11.0. The van der Waals surface area contributed by atoms with Crippen LogP contribution in [0.5, 0.6) is 0 Å². The first-order chi connectivity index (χ1) is 15.6. The van der Waals surface area contributed by atoms with Crippen LogP contribution in [-0.2, 0) is 12.8 Å². The van der Waals surface area contributed by atoms with E-state index in [1.807, 2.05) is 0 Å². The van der Waals surface area contributed by atoms with Crippen molar-refractivity contribution >= 4 is 17.6 Å². The summed E-state index contributed by atoms with van der Waals surface area (Å²) in [6, 6.07) is 7.31. The van der Waals surface area contributed by atoms with Gasteiger partial charge >= 0.3 is 0 Å². The zero-order chi connectivity index (χ0) is 22.1. The number of aromatic nitrogens is 3. The molecule has 0 saturated carbocycles. The number of amides is 2. The number of piperidine rings is 1. The summed E-state index contributed by atoms with van der Waals surface area (Å²) in [5, 5.41) is 11.3. The number of anilines is 1. The predicted octanol–water partition coefficient (Wildman–Crippen LogP) is 3.62. The molecule has 1 aromatic carbocycles. The Labute approximate surface area is 184 Å². The van der Waals surface area contributed by atoms with Crippen LogP contribution >= 0.6 is 0 Å². The Hall–Kier alpha value is -3.49. The lowest BCUT2D eigenvalue weighted by molar-refractivity contribution is 0.0647. The molecule has 2 aromatic heterocycles. The van der Waals surface area contributed by atoms with Gasteiger partial charge in [0.15, 0.2) is 0 Å². The van der Waals surface area contributed by atoms with Gasteiger partial charge in [-0.25, -0.2) is 9.07 Å². The number of halogens is 1. The number of benzene rings is 1. The van der Waals surface area contributed by atoms with Crippen molar-refractivity contribution in [1.82, 2.24) is 19.8 Å². The molecule has 1 saturated heterocycles. The van der Waals surface area contributed by atoms with E-state index < -0.39 is 11.7 Å². The van der Waals surface area contributed by atoms with Crippen molar-refractivity contribution in [3.8, 4) is 0 Å². The number of nitrogens with one attached hydrogen (secondary N) is 1. The summed E-state index contributed by atoms with van der Waals surface area (Å²) in [5.74, 6) is -0.0157. The van der Waals surface area contributed by atoms with E-state index in [1.54, 1.807) is 27.9 Å². The number of carbonyl (C=O) groups is 2. The van der Waals surface area contributed by atoms with Crippen molar-refractivity contribution in [2.75, 3.05) is 18.4 Å². The summed E-state index contributed by atoms with van der Waals surface area (Å²) in [4.78, 5) is 27.3. The van der Waals surface area contributed by atoms with Crippen LogP contribution in [0.2, 0.25) is 0 Å². The molecule has 0 unspecified atom stereocenters. The third-order valence-corrected chi connectivity index (χ3v) is 6.25. The lowest BCUT2D eigenvalue weighted by atomic mass is 9.95. The normalized spacial score (nSPS) is 16.6. The maximum Gasteiger partial charge on any atom is 0.292 e. The third-order valence-electron chi connectivity index (χ3n) is 6.25. The quantitative estimate of drug-likeness (QED) is 0.673. The topological polar surface area (TPSA) is 93.3 Å². The monoisotopic (exact) mass is 437 g/mol. The fourth-order valence-corrected chi connectivity index (χ4v) is 4.54. The summed E-state index contributed by atoms with van der Waals surface area (Å²) in [6.45, 7) is 1.13. The third kappa shape index (κ3) is 3.90. The van der Waals surface area contributed by atoms with E-state index >= 15 is 0 Å². The Balaban J connectivity index is 1.24. The molecule has 3 heterocycles. The highest BCUT2D eigenvalue weighted by Gasteiger charge is 2.31. The van der Waals surface area contributed by atoms with Gasteiger partial charge in [-0.1, -0.05) is 11.2 Å². The Morgan fingerprint density at radius 2 is 1.94 bits per heavy atom. The molecule has 8 nitrogen and oxygen atoms in total. The molecule has 1 N–H and O–H groups in total. The highest BCUT2D eigenvalue weighted by atomic mass is 19.1. The fraction of sp³-hybridized carbons (Fsp3) is 0.391. The largest absolute Gasteiger partial charge is 0.350 e. The number of hydrogen-bond donors (Lipinski definition) is 1. The molecule has 1 aliphatic heterocycles. The zero-order valence-electron chi connectivity index (χ0n) is 17.6. The Bertz CT molecular complexity index is 1150. The Kier molecular flexibility index (Phi) is 5.46. The summed E-state index contributed by atoms with van der Waals surface area (Å²) in [6.07, 6.45) is 6.88. The lowest BCUT2D eigenvalue weighted by Gasteiger charge is -2.32. The average molecular weight is 437 g/mol. The van der Waals surface area contributed by atoms with Gasteiger partial charge in [-0.15, -0.1) is 0 Å². The van der Waals surface area contributed by atoms with E-state index in [0.717, 1.165) is 36.9 Å². The number of likely N-dealkylation sites (tertiary alicyclic amines) is 1. The molecule has 9 heteroatoms. The van der Waals surface area contributed by atoms with Crippen LogP contribution in [0.15, 0.2) is 41.1 Å². The molecule has 0 radical (unpaired) electrons. The predicted molar refractivity (Wildman–Crippen MR) is 114 cm³/mol. The van der Waals surface area contributed by atoms with Crippen LogP contribution in [-0.4, -0.2) is 44.7 Å². The summed E-state index contributed by atoms with van der Waals surface area (Å²) in [7, 11) is 0. The number of carbonyl (C=O) groups excluding carboxylic acids is 2. The van der Waals surface area contributed by atoms with E-state index in [-0.39, 0.29) is 17.5 Å². The van der Waals surface area contributed by atoms with Crippen LogP contribution in [0.4, 0.5) is 10.2 Å². The van der Waals surface area contributed by atoms with Gasteiger partial charge in [0.1, 0.15) is 11.6 Å². The minimum Gasteiger partial charge on any atom is -0.350 e. The van der Waals surface area contributed by atoms with E-state index in [0.29, 0.717) is 37.5 Å². The van der Waals surface area contributed by atoms with Gasteiger partial charge in [0, 0.05) is 30.3 Å². The minimum atomic E-state index is -0.462. The standard InChI is InChI=1S/C23H24FN5O3/c24-16-5-3-4-15(14-16)22(30)26-20-8-11-25-29(20)17-9-12-28(13-10-17)23(31)21-18-6-1-2-7-19(18)27-32-21/h3-5,8,11,14,17H,1-2,6-7,9-10,12-13H2,(H,26,30). The number of aryl methyl sites for hydroxylation is 1. The summed E-state index contributed by atoms with van der Waals surface area (Å²) in [5.41, 5.74) is 2.14. The zero-order valence-corrected chi connectivity index (χ0v) is 17.6. The molecule has 0 atom stereocenters. The first-order valence-electron chi connectivity index (χ1n) is 11.0. The van der Waals surface area contributed by atoms with Crippen LogP contribution < -0.4 is 5.32 Å². The van der Waals surface area contributed by atoms with Gasteiger partial charge in [0.05, 0.1) is 17.9 Å². The molecule has 1 fully saturated rings. The van der Waals surface area contributed by atoms with Crippen LogP contribution in [0.3, 0.4) is 0 Å². The second-order valence-corrected chi connectivity index (χ2v) is 8.29. The molecular formula is C23H24FN5O3. The molecule has 1 aliphatic carbocycles. The smallest absolute Gasteiger partial charge is 0.292 e. The Morgan fingerprint density at radius 1 is 1.12 bits per heavy atom. The van der Waals surface area contributed by atoms with E-state index in [2.05, 4.69) is 15.6 Å². The minimum absolute atomic E-state index is 0.0421. The van der Waals surface area contributed by atoms with E-state index in [4.69, 9.17) is 4.52 Å². The molecule has 0 spiro atoms. The summed E-state index contributed by atoms with van der Waals surface area (Å²) >= 11 is 0. The van der Waals surface area contributed by atoms with Crippen molar-refractivity contribution in [3.05, 3.63) is 64.9 Å². The van der Waals surface area contributed by atoms with Gasteiger partial charge in [-0.05, 0) is 56.7 Å². The Morgan fingerprint density at radius 3 is 2.75 bits per heavy atom. The molecular weight excluding hydrogens is 413 g/mol.